The maximum absolute atomic E-state index is 9.94. The molecule has 0 spiro atoms. The van der Waals surface area contributed by atoms with Gasteiger partial charge in [0.1, 0.15) is 12.6 Å². The zero-order valence-corrected chi connectivity index (χ0v) is 25.9. The number of unbranched alkanes of at least 4 members (excludes halogenated alkanes) is 15. The number of nitrogens with zero attached hydrogens (tertiary/aromatic N) is 1. The van der Waals surface area contributed by atoms with Gasteiger partial charge in [-0.25, -0.2) is 0 Å². The molecule has 0 aromatic heterocycles. The summed E-state index contributed by atoms with van der Waals surface area (Å²) >= 11 is 0. The van der Waals surface area contributed by atoms with Crippen molar-refractivity contribution < 1.29 is 40.9 Å². The van der Waals surface area contributed by atoms with Crippen molar-refractivity contribution in [3.8, 4) is 0 Å². The number of hydrogen-bond acceptors (Lipinski definition) is 5. The van der Waals surface area contributed by atoms with E-state index in [4.69, 9.17) is 18.9 Å². The number of hydrogen-bond donors (Lipinski definition) is 1. The van der Waals surface area contributed by atoms with Crippen LogP contribution in [0, 0.1) is 0 Å². The predicted molar refractivity (Wildman–Crippen MR) is 152 cm³/mol. The Labute approximate surface area is 237 Å². The average Bonchev–Trinajstić information content (AvgIpc) is 2.83. The van der Waals surface area contributed by atoms with Crippen molar-refractivity contribution in [1.29, 1.82) is 0 Å². The third-order valence-electron chi connectivity index (χ3n) is 6.41. The van der Waals surface area contributed by atoms with Crippen molar-refractivity contribution in [2.75, 3.05) is 80.5 Å². The summed E-state index contributed by atoms with van der Waals surface area (Å²) in [4.78, 5) is 0. The Hall–Kier alpha value is 0.0500. The molecular formula is C30H64ClNO5. The lowest BCUT2D eigenvalue weighted by molar-refractivity contribution is -0.870. The normalized spacial score (nSPS) is 12.6. The molecule has 1 N–H and O–H groups in total. The van der Waals surface area contributed by atoms with Crippen molar-refractivity contribution in [2.24, 2.45) is 0 Å². The fraction of sp³-hybridized carbons (Fsp3) is 1.00. The highest BCUT2D eigenvalue weighted by atomic mass is 35.5. The van der Waals surface area contributed by atoms with Crippen molar-refractivity contribution in [3.63, 3.8) is 0 Å². The van der Waals surface area contributed by atoms with Crippen LogP contribution in [0.5, 0.6) is 0 Å². The van der Waals surface area contributed by atoms with Crippen LogP contribution in [0.25, 0.3) is 0 Å². The van der Waals surface area contributed by atoms with Crippen LogP contribution in [0.4, 0.5) is 0 Å². The van der Waals surface area contributed by atoms with Gasteiger partial charge in [-0.3, -0.25) is 0 Å². The van der Waals surface area contributed by atoms with E-state index in [0.29, 0.717) is 39.6 Å². The molecule has 37 heavy (non-hydrogen) atoms. The highest BCUT2D eigenvalue weighted by Crippen LogP contribution is 2.13. The molecule has 0 rings (SSSR count). The molecule has 0 heterocycles. The van der Waals surface area contributed by atoms with Gasteiger partial charge in [-0.05, 0) is 6.42 Å². The molecule has 0 amide bonds. The maximum atomic E-state index is 9.94. The Morgan fingerprint density at radius 3 is 1.27 bits per heavy atom. The molecule has 0 saturated heterocycles. The Morgan fingerprint density at radius 2 is 0.838 bits per heavy atom. The van der Waals surface area contributed by atoms with Gasteiger partial charge >= 0.3 is 0 Å². The molecule has 0 aliphatic rings. The summed E-state index contributed by atoms with van der Waals surface area (Å²) in [5.74, 6) is 0. The molecule has 0 aromatic rings. The van der Waals surface area contributed by atoms with E-state index in [9.17, 15) is 5.11 Å². The minimum atomic E-state index is -0.565. The number of aliphatic hydroxyl groups is 1. The van der Waals surface area contributed by atoms with E-state index in [2.05, 4.69) is 28.1 Å². The van der Waals surface area contributed by atoms with E-state index < -0.39 is 6.10 Å². The summed E-state index contributed by atoms with van der Waals surface area (Å²) in [7, 11) is 6.45. The molecule has 7 heteroatoms. The summed E-state index contributed by atoms with van der Waals surface area (Å²) < 4.78 is 23.0. The van der Waals surface area contributed by atoms with E-state index in [1.54, 1.807) is 0 Å². The number of quaternary nitrogens is 1. The van der Waals surface area contributed by atoms with Gasteiger partial charge in [-0.2, -0.15) is 0 Å². The van der Waals surface area contributed by atoms with Gasteiger partial charge in [0.05, 0.1) is 67.4 Å². The fourth-order valence-electron chi connectivity index (χ4n) is 4.02. The van der Waals surface area contributed by atoms with Crippen LogP contribution >= 0.6 is 0 Å². The third kappa shape index (κ3) is 36.0. The standard InChI is InChI=1S/C30H64NO5.ClH/c1-5-6-7-8-9-10-11-12-13-14-15-16-17-18-19-20-22-35-28-30(32)29-36-27-26-34-25-24-33-23-21-31(2,3)4;/h30,32H,5-29H2,1-4H3;1H/q+1;/p-1. The second-order valence-electron chi connectivity index (χ2n) is 11.3. The largest absolute Gasteiger partial charge is 1.00 e. The Bertz CT molecular complexity index is 423. The molecule has 226 valence electrons. The maximum Gasteiger partial charge on any atom is 0.102 e. The number of aliphatic hydroxyl groups excluding tert-OH is 1. The molecule has 0 saturated carbocycles. The Balaban J connectivity index is 0. The third-order valence-corrected chi connectivity index (χ3v) is 6.41. The van der Waals surface area contributed by atoms with Crippen LogP contribution in [0.2, 0.25) is 0 Å². The highest BCUT2D eigenvalue weighted by Gasteiger charge is 2.06. The molecule has 0 aliphatic carbocycles. The van der Waals surface area contributed by atoms with Crippen LogP contribution in [0.15, 0.2) is 0 Å². The van der Waals surface area contributed by atoms with Gasteiger partial charge in [0.2, 0.25) is 0 Å². The monoisotopic (exact) mass is 553 g/mol. The predicted octanol–water partition coefficient (Wildman–Crippen LogP) is 3.39. The van der Waals surface area contributed by atoms with Gasteiger partial charge in [-0.15, -0.1) is 0 Å². The first-order chi connectivity index (χ1) is 17.5. The molecule has 0 fully saturated rings. The van der Waals surface area contributed by atoms with Crippen molar-refractivity contribution in [3.05, 3.63) is 0 Å². The second kappa shape index (κ2) is 30.6. The van der Waals surface area contributed by atoms with E-state index in [1.807, 2.05) is 0 Å². The van der Waals surface area contributed by atoms with Crippen LogP contribution in [0.3, 0.4) is 0 Å². The lowest BCUT2D eigenvalue weighted by atomic mass is 10.0. The van der Waals surface area contributed by atoms with E-state index >= 15 is 0 Å². The van der Waals surface area contributed by atoms with Gasteiger partial charge in [0, 0.05) is 6.61 Å². The quantitative estimate of drug-likeness (QED) is 0.109. The lowest BCUT2D eigenvalue weighted by Crippen LogP contribution is -3.00. The van der Waals surface area contributed by atoms with E-state index in [-0.39, 0.29) is 12.4 Å². The van der Waals surface area contributed by atoms with Crippen LogP contribution in [0.1, 0.15) is 110 Å². The summed E-state index contributed by atoms with van der Waals surface area (Å²) in [6.07, 6.45) is 21.4. The summed E-state index contributed by atoms with van der Waals surface area (Å²) in [6, 6.07) is 0. The molecule has 1 unspecified atom stereocenters. The van der Waals surface area contributed by atoms with Crippen molar-refractivity contribution in [2.45, 2.75) is 116 Å². The molecule has 6 nitrogen and oxygen atoms in total. The van der Waals surface area contributed by atoms with Crippen molar-refractivity contribution in [1.82, 2.24) is 0 Å². The molecule has 0 aromatic carbocycles. The average molecular weight is 554 g/mol. The Morgan fingerprint density at radius 1 is 0.486 bits per heavy atom. The highest BCUT2D eigenvalue weighted by molar-refractivity contribution is 4.53. The van der Waals surface area contributed by atoms with Crippen LogP contribution < -0.4 is 12.4 Å². The molecular weight excluding hydrogens is 490 g/mol. The summed E-state index contributed by atoms with van der Waals surface area (Å²) in [5, 5.41) is 9.94. The van der Waals surface area contributed by atoms with Crippen LogP contribution in [-0.4, -0.2) is 96.2 Å². The SMILES string of the molecule is CCCCCCCCCCCCCCCCCCOCC(O)COCCOCCOCC[N+](C)(C)C.[Cl-]. The van der Waals surface area contributed by atoms with E-state index in [0.717, 1.165) is 30.7 Å². The van der Waals surface area contributed by atoms with Crippen LogP contribution in [-0.2, 0) is 18.9 Å². The molecule has 0 bridgehead atoms. The zero-order valence-electron chi connectivity index (χ0n) is 25.2. The second-order valence-corrected chi connectivity index (χ2v) is 11.3. The molecule has 0 aliphatic heterocycles. The number of rotatable bonds is 30. The topological polar surface area (TPSA) is 57.2 Å². The fourth-order valence-corrected chi connectivity index (χ4v) is 4.02. The summed E-state index contributed by atoms with van der Waals surface area (Å²) in [6.45, 7) is 7.57. The first-order valence-corrected chi connectivity index (χ1v) is 15.2. The van der Waals surface area contributed by atoms with Gasteiger partial charge in [0.15, 0.2) is 0 Å². The number of ether oxygens (including phenoxy) is 4. The zero-order chi connectivity index (χ0) is 26.6. The number of halogens is 1. The first-order valence-electron chi connectivity index (χ1n) is 15.2. The molecule has 0 radical (unpaired) electrons. The Kier molecular flexibility index (Phi) is 32.4. The minimum absolute atomic E-state index is 0. The van der Waals surface area contributed by atoms with Crippen molar-refractivity contribution >= 4 is 0 Å². The first kappa shape index (κ1) is 39.2. The smallest absolute Gasteiger partial charge is 0.102 e. The van der Waals surface area contributed by atoms with E-state index in [1.165, 1.54) is 96.3 Å². The van der Waals surface area contributed by atoms with Gasteiger partial charge in [0.25, 0.3) is 0 Å². The van der Waals surface area contributed by atoms with Gasteiger partial charge in [-0.1, -0.05) is 103 Å². The minimum Gasteiger partial charge on any atom is -1.00 e. The number of likely N-dealkylation sites (N-methyl/N-ethyl adjacent to an activating group) is 1. The van der Waals surface area contributed by atoms with Gasteiger partial charge < -0.3 is 40.9 Å². The molecule has 1 atom stereocenters. The lowest BCUT2D eigenvalue weighted by Gasteiger charge is -2.23. The summed E-state index contributed by atoms with van der Waals surface area (Å²) in [5.41, 5.74) is 0.